The van der Waals surface area contributed by atoms with Crippen LogP contribution in [0.25, 0.3) is 0 Å². The largest absolute Gasteiger partial charge is 0.351 e. The molecule has 0 aromatic heterocycles. The van der Waals surface area contributed by atoms with Crippen LogP contribution in [0.2, 0.25) is 0 Å². The molecule has 0 radical (unpaired) electrons. The van der Waals surface area contributed by atoms with Gasteiger partial charge in [-0.2, -0.15) is 0 Å². The summed E-state index contributed by atoms with van der Waals surface area (Å²) in [6.45, 7) is 7.69. The normalized spacial score (nSPS) is 15.9. The van der Waals surface area contributed by atoms with Gasteiger partial charge >= 0.3 is 0 Å². The molecule has 0 aromatic rings. The Morgan fingerprint density at radius 2 is 1.41 bits per heavy atom. The van der Waals surface area contributed by atoms with Crippen molar-refractivity contribution < 1.29 is 19.2 Å². The molecular weight excluding hydrogens is 288 g/mol. The number of Topliss-reactive ketones (excluding diaryl/α,β-unsaturated/α-hetero) is 1. The van der Waals surface area contributed by atoms with Crippen LogP contribution in [-0.4, -0.2) is 47.7 Å². The summed E-state index contributed by atoms with van der Waals surface area (Å²) in [4.78, 5) is 46.0. The summed E-state index contributed by atoms with van der Waals surface area (Å²) in [5.41, 5.74) is 5.40. The minimum absolute atomic E-state index is 0.0390. The average molecular weight is 314 g/mol. The third-order valence-corrected chi connectivity index (χ3v) is 3.03. The Labute approximate surface area is 130 Å². The quantitative estimate of drug-likeness (QED) is 0.448. The lowest BCUT2D eigenvalue weighted by atomic mass is 10.1. The summed E-state index contributed by atoms with van der Waals surface area (Å²) in [5, 5.41) is 7.61. The molecule has 8 heteroatoms. The zero-order chi connectivity index (χ0) is 17.4. The van der Waals surface area contributed by atoms with Crippen molar-refractivity contribution in [3.05, 3.63) is 0 Å². The van der Waals surface area contributed by atoms with Crippen LogP contribution in [-0.2, 0) is 19.2 Å². The van der Waals surface area contributed by atoms with Gasteiger partial charge in [-0.3, -0.25) is 19.2 Å². The van der Waals surface area contributed by atoms with Gasteiger partial charge in [-0.25, -0.2) is 0 Å². The van der Waals surface area contributed by atoms with Crippen LogP contribution in [0.3, 0.4) is 0 Å². The summed E-state index contributed by atoms with van der Waals surface area (Å²) in [6.07, 6.45) is 0.0390. The van der Waals surface area contributed by atoms with Gasteiger partial charge in [0.25, 0.3) is 0 Å². The lowest BCUT2D eigenvalue weighted by Gasteiger charge is -2.19. The smallest absolute Gasteiger partial charge is 0.242 e. The van der Waals surface area contributed by atoms with Crippen molar-refractivity contribution in [2.45, 2.75) is 65.2 Å². The SMILES string of the molecule is CC(=O)C(C)NC(=O)CC(C)NC(=O)C(C)NC(=O)C(C)N. The Morgan fingerprint density at radius 3 is 1.86 bits per heavy atom. The topological polar surface area (TPSA) is 130 Å². The highest BCUT2D eigenvalue weighted by molar-refractivity contribution is 5.90. The first kappa shape index (κ1) is 20.0. The van der Waals surface area contributed by atoms with E-state index in [1.54, 1.807) is 13.8 Å². The van der Waals surface area contributed by atoms with Gasteiger partial charge in [0.15, 0.2) is 5.78 Å². The van der Waals surface area contributed by atoms with E-state index in [1.807, 2.05) is 0 Å². The third-order valence-electron chi connectivity index (χ3n) is 3.03. The molecule has 0 saturated heterocycles. The van der Waals surface area contributed by atoms with Crippen molar-refractivity contribution in [1.29, 1.82) is 0 Å². The maximum absolute atomic E-state index is 11.9. The molecule has 0 aliphatic rings. The molecule has 0 aromatic carbocycles. The van der Waals surface area contributed by atoms with Crippen LogP contribution in [0, 0.1) is 0 Å². The molecule has 0 fully saturated rings. The van der Waals surface area contributed by atoms with E-state index in [4.69, 9.17) is 5.73 Å². The lowest BCUT2D eigenvalue weighted by Crippen LogP contribution is -2.51. The monoisotopic (exact) mass is 314 g/mol. The number of rotatable bonds is 8. The lowest BCUT2D eigenvalue weighted by molar-refractivity contribution is -0.130. The van der Waals surface area contributed by atoms with E-state index in [1.165, 1.54) is 20.8 Å². The fraction of sp³-hybridized carbons (Fsp3) is 0.714. The predicted octanol–water partition coefficient (Wildman–Crippen LogP) is -1.17. The highest BCUT2D eigenvalue weighted by Gasteiger charge is 2.20. The van der Waals surface area contributed by atoms with Gasteiger partial charge < -0.3 is 21.7 Å². The number of carbonyl (C=O) groups is 4. The molecular formula is C14H26N4O4. The Kier molecular flexibility index (Phi) is 8.32. The number of hydrogen-bond donors (Lipinski definition) is 4. The summed E-state index contributed by atoms with van der Waals surface area (Å²) in [6, 6.07) is -2.44. The van der Waals surface area contributed by atoms with Crippen LogP contribution in [0.4, 0.5) is 0 Å². The van der Waals surface area contributed by atoms with E-state index in [-0.39, 0.29) is 18.1 Å². The van der Waals surface area contributed by atoms with E-state index >= 15 is 0 Å². The second-order valence-corrected chi connectivity index (χ2v) is 5.53. The molecule has 0 saturated carbocycles. The van der Waals surface area contributed by atoms with Gasteiger partial charge in [0.1, 0.15) is 6.04 Å². The van der Waals surface area contributed by atoms with E-state index < -0.39 is 36.0 Å². The Hall–Kier alpha value is -1.96. The van der Waals surface area contributed by atoms with Crippen molar-refractivity contribution in [2.75, 3.05) is 0 Å². The molecule has 0 heterocycles. The number of nitrogens with two attached hydrogens (primary N) is 1. The number of ketones is 1. The maximum Gasteiger partial charge on any atom is 0.242 e. The standard InChI is InChI=1S/C14H26N4O4/c1-7(6-12(20)17-9(3)11(5)19)16-14(22)10(4)18-13(21)8(2)15/h7-10H,6,15H2,1-5H3,(H,16,22)(H,17,20)(H,18,21). The number of amides is 3. The Balaban J connectivity index is 4.27. The van der Waals surface area contributed by atoms with Crippen LogP contribution in [0.15, 0.2) is 0 Å². The molecule has 4 atom stereocenters. The highest BCUT2D eigenvalue weighted by Crippen LogP contribution is 1.95. The van der Waals surface area contributed by atoms with Crippen molar-refractivity contribution in [3.63, 3.8) is 0 Å². The van der Waals surface area contributed by atoms with Crippen LogP contribution < -0.4 is 21.7 Å². The van der Waals surface area contributed by atoms with Gasteiger partial charge in [-0.05, 0) is 34.6 Å². The summed E-state index contributed by atoms with van der Waals surface area (Å²) in [5.74, 6) is -1.31. The van der Waals surface area contributed by atoms with Gasteiger partial charge in [0.05, 0.1) is 12.1 Å². The molecule has 0 spiro atoms. The molecule has 0 aliphatic heterocycles. The summed E-state index contributed by atoms with van der Waals surface area (Å²) >= 11 is 0. The molecule has 5 N–H and O–H groups in total. The van der Waals surface area contributed by atoms with Crippen LogP contribution in [0.5, 0.6) is 0 Å². The van der Waals surface area contributed by atoms with Gasteiger partial charge in [0, 0.05) is 12.5 Å². The van der Waals surface area contributed by atoms with Crippen molar-refractivity contribution in [3.8, 4) is 0 Å². The van der Waals surface area contributed by atoms with Gasteiger partial charge in [0.2, 0.25) is 17.7 Å². The number of nitrogens with one attached hydrogen (secondary N) is 3. The number of carbonyl (C=O) groups excluding carboxylic acids is 4. The molecule has 22 heavy (non-hydrogen) atoms. The molecule has 3 amide bonds. The molecule has 8 nitrogen and oxygen atoms in total. The highest BCUT2D eigenvalue weighted by atomic mass is 16.2. The Bertz CT molecular complexity index is 437. The first-order valence-electron chi connectivity index (χ1n) is 7.20. The maximum atomic E-state index is 11.9. The van der Waals surface area contributed by atoms with Gasteiger partial charge in [-0.15, -0.1) is 0 Å². The van der Waals surface area contributed by atoms with Crippen molar-refractivity contribution in [1.82, 2.24) is 16.0 Å². The van der Waals surface area contributed by atoms with Crippen LogP contribution in [0.1, 0.15) is 41.0 Å². The zero-order valence-corrected chi connectivity index (χ0v) is 13.7. The fourth-order valence-electron chi connectivity index (χ4n) is 1.51. The Morgan fingerprint density at radius 1 is 0.864 bits per heavy atom. The number of hydrogen-bond acceptors (Lipinski definition) is 5. The van der Waals surface area contributed by atoms with Gasteiger partial charge in [-0.1, -0.05) is 0 Å². The summed E-state index contributed by atoms with van der Waals surface area (Å²) in [7, 11) is 0. The van der Waals surface area contributed by atoms with Crippen molar-refractivity contribution in [2.24, 2.45) is 5.73 Å². The van der Waals surface area contributed by atoms with Crippen LogP contribution >= 0.6 is 0 Å². The third kappa shape index (κ3) is 7.72. The fourth-order valence-corrected chi connectivity index (χ4v) is 1.51. The van der Waals surface area contributed by atoms with E-state index in [0.29, 0.717) is 0 Å². The summed E-state index contributed by atoms with van der Waals surface area (Å²) < 4.78 is 0. The molecule has 0 bridgehead atoms. The minimum Gasteiger partial charge on any atom is -0.351 e. The molecule has 0 rings (SSSR count). The minimum atomic E-state index is -0.750. The van der Waals surface area contributed by atoms with Crippen molar-refractivity contribution >= 4 is 23.5 Å². The van der Waals surface area contributed by atoms with E-state index in [9.17, 15) is 19.2 Å². The second kappa shape index (κ2) is 9.14. The first-order valence-corrected chi connectivity index (χ1v) is 7.20. The molecule has 0 aliphatic carbocycles. The molecule has 126 valence electrons. The average Bonchev–Trinajstić information content (AvgIpc) is 2.37. The first-order chi connectivity index (χ1) is 10.0. The van der Waals surface area contributed by atoms with E-state index in [2.05, 4.69) is 16.0 Å². The predicted molar refractivity (Wildman–Crippen MR) is 81.8 cm³/mol. The second-order valence-electron chi connectivity index (χ2n) is 5.53. The zero-order valence-electron chi connectivity index (χ0n) is 13.7. The van der Waals surface area contributed by atoms with E-state index in [0.717, 1.165) is 0 Å². The molecule has 4 unspecified atom stereocenters.